The second-order valence-electron chi connectivity index (χ2n) is 7.30. The molecule has 2 N–H and O–H groups in total. The van der Waals surface area contributed by atoms with Gasteiger partial charge in [0.1, 0.15) is 18.5 Å². The maximum absolute atomic E-state index is 11.6. The third kappa shape index (κ3) is 7.17. The van der Waals surface area contributed by atoms with Crippen LogP contribution in [0.15, 0.2) is 34.9 Å². The zero-order chi connectivity index (χ0) is 20.6. The van der Waals surface area contributed by atoms with Gasteiger partial charge >= 0.3 is 5.97 Å². The highest BCUT2D eigenvalue weighted by Crippen LogP contribution is 2.21. The van der Waals surface area contributed by atoms with Gasteiger partial charge in [0.15, 0.2) is 11.5 Å². The Morgan fingerprint density at radius 3 is 2.79 bits per heavy atom. The van der Waals surface area contributed by atoms with Crippen molar-refractivity contribution in [1.29, 1.82) is 0 Å². The largest absolute Gasteiger partial charge is 0.490 e. The molecular formula is C21H28N2O5. The fourth-order valence-electron chi connectivity index (χ4n) is 2.26. The highest BCUT2D eigenvalue weighted by atomic mass is 16.5. The molecule has 0 bridgehead atoms. The molecule has 0 amide bonds. The number of carbonyl (C=O) groups is 1. The molecule has 1 aromatic heterocycles. The van der Waals surface area contributed by atoms with Crippen LogP contribution in [-0.2, 0) is 4.74 Å². The number of carbonyl (C=O) groups excluding carboxylic acids is 1. The van der Waals surface area contributed by atoms with E-state index in [1.54, 1.807) is 19.1 Å². The first kappa shape index (κ1) is 21.7. The number of hydrogen-bond acceptors (Lipinski definition) is 7. The normalized spacial score (nSPS) is 12.9. The van der Waals surface area contributed by atoms with E-state index in [1.165, 1.54) is 6.07 Å². The molecule has 2 aromatic rings. The highest BCUT2D eigenvalue weighted by molar-refractivity contribution is 5.87. The number of benzene rings is 1. The van der Waals surface area contributed by atoms with Crippen molar-refractivity contribution in [3.05, 3.63) is 47.3 Å². The highest BCUT2D eigenvalue weighted by Gasteiger charge is 2.14. The number of nitrogens with one attached hydrogen (secondary N) is 1. The summed E-state index contributed by atoms with van der Waals surface area (Å²) in [5.74, 6) is 0.540. The number of rotatable bonds is 9. The van der Waals surface area contributed by atoms with Crippen LogP contribution in [0.5, 0.6) is 5.75 Å². The Morgan fingerprint density at radius 1 is 1.32 bits per heavy atom. The molecule has 0 radical (unpaired) electrons. The molecule has 2 rings (SSSR count). The predicted molar refractivity (Wildman–Crippen MR) is 107 cm³/mol. The van der Waals surface area contributed by atoms with Crippen LogP contribution in [0.4, 0.5) is 0 Å². The number of ether oxygens (including phenoxy) is 2. The van der Waals surface area contributed by atoms with Gasteiger partial charge in [0, 0.05) is 23.7 Å². The molecule has 7 nitrogen and oxygen atoms in total. The summed E-state index contributed by atoms with van der Waals surface area (Å²) < 4.78 is 15.8. The molecule has 0 saturated heterocycles. The summed E-state index contributed by atoms with van der Waals surface area (Å²) in [6, 6.07) is 8.97. The Kier molecular flexibility index (Phi) is 7.78. The summed E-state index contributed by atoms with van der Waals surface area (Å²) in [6.07, 6.45) is 2.86. The average Bonchev–Trinajstić information content (AvgIpc) is 3.12. The Bertz CT molecular complexity index is 792. The zero-order valence-electron chi connectivity index (χ0n) is 16.8. The van der Waals surface area contributed by atoms with Crippen molar-refractivity contribution in [2.75, 3.05) is 19.8 Å². The molecule has 0 aliphatic heterocycles. The minimum atomic E-state index is -0.627. The van der Waals surface area contributed by atoms with Crippen molar-refractivity contribution in [1.82, 2.24) is 10.5 Å². The third-order valence-corrected chi connectivity index (χ3v) is 3.66. The minimum Gasteiger partial charge on any atom is -0.490 e. The third-order valence-electron chi connectivity index (χ3n) is 3.66. The number of para-hydroxylation sites is 1. The number of aliphatic hydroxyl groups is 1. The molecule has 0 spiro atoms. The number of aromatic nitrogens is 1. The summed E-state index contributed by atoms with van der Waals surface area (Å²) in [4.78, 5) is 11.6. The van der Waals surface area contributed by atoms with Gasteiger partial charge in [-0.25, -0.2) is 4.79 Å². The number of esters is 1. The van der Waals surface area contributed by atoms with E-state index < -0.39 is 12.1 Å². The Balaban J connectivity index is 1.98. The first-order valence-electron chi connectivity index (χ1n) is 9.25. The van der Waals surface area contributed by atoms with Gasteiger partial charge in [-0.3, -0.25) is 0 Å². The second kappa shape index (κ2) is 10.1. The molecule has 1 unspecified atom stereocenters. The Hall–Kier alpha value is -2.64. The fourth-order valence-corrected chi connectivity index (χ4v) is 2.26. The van der Waals surface area contributed by atoms with Crippen LogP contribution in [-0.4, -0.2) is 47.6 Å². The van der Waals surface area contributed by atoms with E-state index in [0.717, 1.165) is 5.56 Å². The fraction of sp³-hybridized carbons (Fsp3) is 0.429. The SMILES string of the molecule is CCOC(=O)c1cc(C=Cc2ccccc2OCC(O)CNC(C)(C)C)on1. The number of β-amino-alcohol motifs (C(OH)–C–C–N with tert-alkyl or cyclic N) is 1. The van der Waals surface area contributed by atoms with Gasteiger partial charge in [-0.1, -0.05) is 23.4 Å². The number of nitrogens with zero attached hydrogens (tertiary/aromatic N) is 1. The molecule has 28 heavy (non-hydrogen) atoms. The van der Waals surface area contributed by atoms with Gasteiger partial charge in [-0.2, -0.15) is 0 Å². The van der Waals surface area contributed by atoms with E-state index in [1.807, 2.05) is 45.0 Å². The molecule has 0 fully saturated rings. The first-order valence-corrected chi connectivity index (χ1v) is 9.25. The lowest BCUT2D eigenvalue weighted by Crippen LogP contribution is -2.42. The van der Waals surface area contributed by atoms with Crippen LogP contribution in [0.1, 0.15) is 49.5 Å². The predicted octanol–water partition coefficient (Wildman–Crippen LogP) is 3.15. The van der Waals surface area contributed by atoms with Crippen molar-refractivity contribution in [2.45, 2.75) is 39.3 Å². The average molecular weight is 388 g/mol. The smallest absolute Gasteiger partial charge is 0.360 e. The quantitative estimate of drug-likeness (QED) is 0.637. The van der Waals surface area contributed by atoms with Crippen LogP contribution < -0.4 is 10.1 Å². The Morgan fingerprint density at radius 2 is 2.07 bits per heavy atom. The molecule has 7 heteroatoms. The zero-order valence-corrected chi connectivity index (χ0v) is 16.8. The van der Waals surface area contributed by atoms with Crippen LogP contribution in [0.25, 0.3) is 12.2 Å². The molecule has 1 heterocycles. The van der Waals surface area contributed by atoms with Crippen LogP contribution in [0.2, 0.25) is 0 Å². The van der Waals surface area contributed by atoms with Crippen LogP contribution in [0, 0.1) is 0 Å². The second-order valence-corrected chi connectivity index (χ2v) is 7.30. The van der Waals surface area contributed by atoms with Gasteiger partial charge < -0.3 is 24.4 Å². The van der Waals surface area contributed by atoms with Crippen LogP contribution in [0.3, 0.4) is 0 Å². The maximum atomic E-state index is 11.6. The summed E-state index contributed by atoms with van der Waals surface area (Å²) in [5.41, 5.74) is 0.870. The van der Waals surface area contributed by atoms with Gasteiger partial charge in [0.2, 0.25) is 0 Å². The van der Waals surface area contributed by atoms with Crippen molar-refractivity contribution in [3.63, 3.8) is 0 Å². The minimum absolute atomic E-state index is 0.0683. The van der Waals surface area contributed by atoms with E-state index in [0.29, 0.717) is 18.1 Å². The van der Waals surface area contributed by atoms with Gasteiger partial charge in [0.05, 0.1) is 6.61 Å². The first-order chi connectivity index (χ1) is 13.3. The van der Waals surface area contributed by atoms with Gasteiger partial charge in [-0.15, -0.1) is 0 Å². The van der Waals surface area contributed by atoms with E-state index in [-0.39, 0.29) is 24.4 Å². The lowest BCUT2D eigenvalue weighted by molar-refractivity contribution is 0.0514. The molecule has 1 aromatic carbocycles. The van der Waals surface area contributed by atoms with E-state index >= 15 is 0 Å². The standard InChI is InChI=1S/C21H28N2O5/c1-5-26-20(25)18-12-17(28-23-18)11-10-15-8-6-7-9-19(15)27-14-16(24)13-22-21(2,3)4/h6-12,16,22,24H,5,13-14H2,1-4H3. The van der Waals surface area contributed by atoms with E-state index in [4.69, 9.17) is 14.0 Å². The lowest BCUT2D eigenvalue weighted by atomic mass is 10.1. The summed E-state index contributed by atoms with van der Waals surface area (Å²) in [7, 11) is 0. The maximum Gasteiger partial charge on any atom is 0.360 e. The topological polar surface area (TPSA) is 93.8 Å². The summed E-state index contributed by atoms with van der Waals surface area (Å²) >= 11 is 0. The summed E-state index contributed by atoms with van der Waals surface area (Å²) in [6.45, 7) is 8.73. The van der Waals surface area contributed by atoms with Gasteiger partial charge in [0.25, 0.3) is 0 Å². The lowest BCUT2D eigenvalue weighted by Gasteiger charge is -2.23. The molecule has 0 aliphatic rings. The van der Waals surface area contributed by atoms with E-state index in [9.17, 15) is 9.90 Å². The molecule has 1 atom stereocenters. The molecule has 0 saturated carbocycles. The molecule has 0 aliphatic carbocycles. The van der Waals surface area contributed by atoms with Crippen molar-refractivity contribution in [2.24, 2.45) is 0 Å². The monoisotopic (exact) mass is 388 g/mol. The molecular weight excluding hydrogens is 360 g/mol. The van der Waals surface area contributed by atoms with Crippen molar-refractivity contribution >= 4 is 18.1 Å². The van der Waals surface area contributed by atoms with Crippen molar-refractivity contribution < 1.29 is 23.9 Å². The van der Waals surface area contributed by atoms with E-state index in [2.05, 4.69) is 10.5 Å². The Labute approximate surface area is 165 Å². The summed E-state index contributed by atoms with van der Waals surface area (Å²) in [5, 5.41) is 17.0. The molecule has 152 valence electrons. The van der Waals surface area contributed by atoms with Crippen LogP contribution >= 0.6 is 0 Å². The van der Waals surface area contributed by atoms with Crippen molar-refractivity contribution in [3.8, 4) is 5.75 Å². The number of hydrogen-bond donors (Lipinski definition) is 2. The number of aliphatic hydroxyl groups excluding tert-OH is 1. The van der Waals surface area contributed by atoms with Gasteiger partial charge in [-0.05, 0) is 45.9 Å².